The van der Waals surface area contributed by atoms with Crippen LogP contribution in [0.1, 0.15) is 17.2 Å². The summed E-state index contributed by atoms with van der Waals surface area (Å²) >= 11 is 0. The van der Waals surface area contributed by atoms with Crippen molar-refractivity contribution < 1.29 is 29.3 Å². The normalized spacial score (nSPS) is 11.4. The van der Waals surface area contributed by atoms with Crippen LogP contribution in [0.5, 0.6) is 11.5 Å². The molecule has 2 aromatic rings. The van der Waals surface area contributed by atoms with Crippen molar-refractivity contribution in [3.8, 4) is 11.5 Å². The lowest BCUT2D eigenvalue weighted by molar-refractivity contribution is -0.139. The van der Waals surface area contributed by atoms with Crippen LogP contribution < -0.4 is 10.1 Å². The molecule has 0 aliphatic rings. The number of amides is 1. The standard InChI is InChI=1S/C17H17NO6/c1-23-14-8-2-11(3-9-14)10-24-17(22)18-15(16(20)21)12-4-6-13(19)7-5-12/h2-9,15,19H,10H2,1H3,(H,18,22)(H,20,21). The third-order valence-corrected chi connectivity index (χ3v) is 3.26. The van der Waals surface area contributed by atoms with Crippen molar-refractivity contribution in [2.45, 2.75) is 12.6 Å². The molecule has 2 rings (SSSR count). The van der Waals surface area contributed by atoms with Crippen LogP contribution in [-0.2, 0) is 16.1 Å². The number of carbonyl (C=O) groups excluding carboxylic acids is 1. The summed E-state index contributed by atoms with van der Waals surface area (Å²) < 4.78 is 10.1. The summed E-state index contributed by atoms with van der Waals surface area (Å²) in [7, 11) is 1.55. The fourth-order valence-corrected chi connectivity index (χ4v) is 1.98. The summed E-state index contributed by atoms with van der Waals surface area (Å²) in [6.07, 6.45) is -0.855. The third kappa shape index (κ3) is 4.64. The number of methoxy groups -OCH3 is 1. The maximum atomic E-state index is 11.8. The molecule has 0 saturated carbocycles. The quantitative estimate of drug-likeness (QED) is 0.751. The summed E-state index contributed by atoms with van der Waals surface area (Å²) in [5.74, 6) is -0.548. The molecular weight excluding hydrogens is 314 g/mol. The highest BCUT2D eigenvalue weighted by molar-refractivity contribution is 5.81. The van der Waals surface area contributed by atoms with Gasteiger partial charge in [0.2, 0.25) is 0 Å². The zero-order valence-electron chi connectivity index (χ0n) is 12.9. The number of aliphatic carboxylic acids is 1. The number of phenolic OH excluding ortho intramolecular Hbond substituents is 1. The van der Waals surface area contributed by atoms with Gasteiger partial charge < -0.3 is 25.0 Å². The number of hydrogen-bond acceptors (Lipinski definition) is 5. The van der Waals surface area contributed by atoms with Crippen LogP contribution in [0.4, 0.5) is 4.79 Å². The fourth-order valence-electron chi connectivity index (χ4n) is 1.98. The Balaban J connectivity index is 1.95. The molecule has 0 aliphatic heterocycles. The number of rotatable bonds is 6. The zero-order valence-corrected chi connectivity index (χ0v) is 12.9. The largest absolute Gasteiger partial charge is 0.508 e. The lowest BCUT2D eigenvalue weighted by Gasteiger charge is -2.15. The molecular formula is C17H17NO6. The van der Waals surface area contributed by atoms with Crippen LogP contribution in [-0.4, -0.2) is 29.4 Å². The van der Waals surface area contributed by atoms with Crippen molar-refractivity contribution in [1.82, 2.24) is 5.32 Å². The maximum absolute atomic E-state index is 11.8. The predicted octanol–water partition coefficient (Wildman–Crippen LogP) is 2.45. The number of carboxylic acid groups (broad SMARTS) is 1. The topological polar surface area (TPSA) is 105 Å². The van der Waals surface area contributed by atoms with E-state index in [1.54, 1.807) is 31.4 Å². The average Bonchev–Trinajstić information content (AvgIpc) is 2.59. The van der Waals surface area contributed by atoms with Gasteiger partial charge in [0.1, 0.15) is 18.1 Å². The van der Waals surface area contributed by atoms with Gasteiger partial charge in [0, 0.05) is 0 Å². The van der Waals surface area contributed by atoms with E-state index in [0.717, 1.165) is 5.56 Å². The summed E-state index contributed by atoms with van der Waals surface area (Å²) in [6, 6.07) is 11.2. The Morgan fingerprint density at radius 3 is 2.25 bits per heavy atom. The van der Waals surface area contributed by atoms with Crippen molar-refractivity contribution in [2.24, 2.45) is 0 Å². The van der Waals surface area contributed by atoms with Crippen LogP contribution in [0.25, 0.3) is 0 Å². The Labute approximate surface area is 138 Å². The van der Waals surface area contributed by atoms with Crippen LogP contribution in [0, 0.1) is 0 Å². The second-order valence-electron chi connectivity index (χ2n) is 4.93. The van der Waals surface area contributed by atoms with E-state index in [0.29, 0.717) is 11.3 Å². The molecule has 1 amide bonds. The minimum atomic E-state index is -1.27. The average molecular weight is 331 g/mol. The molecule has 2 aromatic carbocycles. The van der Waals surface area contributed by atoms with Gasteiger partial charge in [-0.25, -0.2) is 9.59 Å². The van der Waals surface area contributed by atoms with Crippen molar-refractivity contribution in [2.75, 3.05) is 7.11 Å². The van der Waals surface area contributed by atoms with Gasteiger partial charge in [-0.05, 0) is 35.4 Å². The Bertz CT molecular complexity index is 696. The van der Waals surface area contributed by atoms with Gasteiger partial charge in [-0.3, -0.25) is 0 Å². The smallest absolute Gasteiger partial charge is 0.408 e. The molecule has 7 nitrogen and oxygen atoms in total. The summed E-state index contributed by atoms with van der Waals surface area (Å²) in [4.78, 5) is 23.1. The first kappa shape index (κ1) is 17.1. The van der Waals surface area contributed by atoms with E-state index in [-0.39, 0.29) is 12.4 Å². The Kier molecular flexibility index (Phi) is 5.62. The molecule has 0 bridgehead atoms. The molecule has 126 valence electrons. The maximum Gasteiger partial charge on any atom is 0.408 e. The number of carbonyl (C=O) groups is 2. The monoisotopic (exact) mass is 331 g/mol. The van der Waals surface area contributed by atoms with Crippen LogP contribution in [0.2, 0.25) is 0 Å². The number of alkyl carbamates (subject to hydrolysis) is 1. The van der Waals surface area contributed by atoms with Gasteiger partial charge in [0.05, 0.1) is 7.11 Å². The number of carboxylic acids is 1. The van der Waals surface area contributed by atoms with E-state index < -0.39 is 18.1 Å². The SMILES string of the molecule is COc1ccc(COC(=O)NC(C(=O)O)c2ccc(O)cc2)cc1. The number of hydrogen-bond donors (Lipinski definition) is 3. The molecule has 24 heavy (non-hydrogen) atoms. The van der Waals surface area contributed by atoms with Gasteiger partial charge in [0.15, 0.2) is 6.04 Å². The summed E-state index contributed by atoms with van der Waals surface area (Å²) in [6.45, 7) is -0.00224. The first-order valence-corrected chi connectivity index (χ1v) is 7.07. The number of aromatic hydroxyl groups is 1. The number of ether oxygens (including phenoxy) is 2. The number of nitrogens with one attached hydrogen (secondary N) is 1. The van der Waals surface area contributed by atoms with Gasteiger partial charge in [-0.15, -0.1) is 0 Å². The van der Waals surface area contributed by atoms with Crippen LogP contribution in [0.15, 0.2) is 48.5 Å². The zero-order chi connectivity index (χ0) is 17.5. The fraction of sp³-hybridized carbons (Fsp3) is 0.176. The number of phenols is 1. The van der Waals surface area contributed by atoms with Crippen molar-refractivity contribution >= 4 is 12.1 Å². The van der Waals surface area contributed by atoms with E-state index in [4.69, 9.17) is 9.47 Å². The highest BCUT2D eigenvalue weighted by Gasteiger charge is 2.22. The van der Waals surface area contributed by atoms with Crippen molar-refractivity contribution in [3.05, 3.63) is 59.7 Å². The Morgan fingerprint density at radius 1 is 1.08 bits per heavy atom. The highest BCUT2D eigenvalue weighted by Crippen LogP contribution is 2.18. The van der Waals surface area contributed by atoms with Gasteiger partial charge in [0.25, 0.3) is 0 Å². The molecule has 0 saturated heterocycles. The minimum Gasteiger partial charge on any atom is -0.508 e. The Morgan fingerprint density at radius 2 is 1.71 bits per heavy atom. The molecule has 0 heterocycles. The van der Waals surface area contributed by atoms with E-state index in [1.165, 1.54) is 24.3 Å². The molecule has 0 fully saturated rings. The van der Waals surface area contributed by atoms with Gasteiger partial charge >= 0.3 is 12.1 Å². The molecule has 0 radical (unpaired) electrons. The summed E-state index contributed by atoms with van der Waals surface area (Å²) in [5, 5.41) is 20.8. The van der Waals surface area contributed by atoms with E-state index >= 15 is 0 Å². The molecule has 0 aromatic heterocycles. The first-order chi connectivity index (χ1) is 11.5. The summed E-state index contributed by atoms with van der Waals surface area (Å²) in [5.41, 5.74) is 1.06. The van der Waals surface area contributed by atoms with E-state index in [9.17, 15) is 19.8 Å². The van der Waals surface area contributed by atoms with Crippen LogP contribution in [0.3, 0.4) is 0 Å². The van der Waals surface area contributed by atoms with E-state index in [2.05, 4.69) is 5.32 Å². The van der Waals surface area contributed by atoms with Crippen molar-refractivity contribution in [3.63, 3.8) is 0 Å². The molecule has 0 spiro atoms. The molecule has 0 aliphatic carbocycles. The molecule has 1 atom stereocenters. The molecule has 3 N–H and O–H groups in total. The van der Waals surface area contributed by atoms with Gasteiger partial charge in [-0.1, -0.05) is 24.3 Å². The second-order valence-corrected chi connectivity index (χ2v) is 4.93. The first-order valence-electron chi connectivity index (χ1n) is 7.07. The van der Waals surface area contributed by atoms with Crippen LogP contribution >= 0.6 is 0 Å². The lowest BCUT2D eigenvalue weighted by Crippen LogP contribution is -2.34. The highest BCUT2D eigenvalue weighted by atomic mass is 16.5. The Hall–Kier alpha value is -3.22. The second kappa shape index (κ2) is 7.87. The third-order valence-electron chi connectivity index (χ3n) is 3.26. The predicted molar refractivity (Wildman–Crippen MR) is 84.8 cm³/mol. The molecule has 7 heteroatoms. The minimum absolute atomic E-state index is 0.00224. The van der Waals surface area contributed by atoms with E-state index in [1.807, 2.05) is 0 Å². The van der Waals surface area contributed by atoms with Crippen molar-refractivity contribution in [1.29, 1.82) is 0 Å². The number of benzene rings is 2. The lowest BCUT2D eigenvalue weighted by atomic mass is 10.1. The molecule has 1 unspecified atom stereocenters. The van der Waals surface area contributed by atoms with Gasteiger partial charge in [-0.2, -0.15) is 0 Å².